The van der Waals surface area contributed by atoms with E-state index >= 15 is 0 Å². The van der Waals surface area contributed by atoms with Crippen molar-refractivity contribution in [2.24, 2.45) is 5.92 Å². The minimum atomic E-state index is -0.493. The Morgan fingerprint density at radius 3 is 2.32 bits per heavy atom. The second-order valence-electron chi connectivity index (χ2n) is 9.19. The average molecular weight is 435 g/mol. The predicted octanol–water partition coefficient (Wildman–Crippen LogP) is 3.56. The molecule has 2 aliphatic heterocycles. The Morgan fingerprint density at radius 2 is 1.65 bits per heavy atom. The van der Waals surface area contributed by atoms with Crippen LogP contribution in [0, 0.1) is 5.92 Å². The number of hydrogen-bond acceptors (Lipinski definition) is 6. The third kappa shape index (κ3) is 8.26. The molecule has 6 heteroatoms. The second-order valence-corrected chi connectivity index (χ2v) is 9.19. The van der Waals surface area contributed by atoms with E-state index < -0.39 is 6.10 Å². The largest absolute Gasteiger partial charge is 0.493 e. The van der Waals surface area contributed by atoms with Crippen LogP contribution in [0.25, 0.3) is 0 Å². The van der Waals surface area contributed by atoms with Crippen LogP contribution in [0.4, 0.5) is 0 Å². The summed E-state index contributed by atoms with van der Waals surface area (Å²) in [5, 5.41) is 10.6. The molecule has 0 bridgehead atoms. The molecular weight excluding hydrogens is 392 g/mol. The number of nitrogens with zero attached hydrogens (tertiary/aromatic N) is 2. The number of methoxy groups -OCH3 is 2. The van der Waals surface area contributed by atoms with E-state index in [1.807, 2.05) is 6.07 Å². The smallest absolute Gasteiger partial charge is 0.161 e. The summed E-state index contributed by atoms with van der Waals surface area (Å²) in [5.41, 5.74) is 1.22. The Balaban J connectivity index is 1.49. The molecule has 2 heterocycles. The van der Waals surface area contributed by atoms with E-state index in [9.17, 15) is 5.11 Å². The number of benzene rings is 1. The van der Waals surface area contributed by atoms with Gasteiger partial charge in [0.25, 0.3) is 0 Å². The minimum absolute atomic E-state index is 0.290. The van der Waals surface area contributed by atoms with Crippen LogP contribution in [0.15, 0.2) is 18.2 Å². The van der Waals surface area contributed by atoms with Crippen LogP contribution >= 0.6 is 0 Å². The molecule has 0 aliphatic carbocycles. The monoisotopic (exact) mass is 434 g/mol. The summed E-state index contributed by atoms with van der Waals surface area (Å²) < 4.78 is 16.8. The van der Waals surface area contributed by atoms with Crippen molar-refractivity contribution in [3.63, 3.8) is 0 Å². The highest BCUT2D eigenvalue weighted by Crippen LogP contribution is 2.29. The van der Waals surface area contributed by atoms with Crippen molar-refractivity contribution < 1.29 is 19.3 Å². The van der Waals surface area contributed by atoms with Crippen molar-refractivity contribution in [3.8, 4) is 11.5 Å². The van der Waals surface area contributed by atoms with Crippen LogP contribution in [-0.4, -0.2) is 81.2 Å². The lowest BCUT2D eigenvalue weighted by atomic mass is 9.97. The van der Waals surface area contributed by atoms with Crippen molar-refractivity contribution in [2.75, 3.05) is 60.2 Å². The maximum absolute atomic E-state index is 10.6. The van der Waals surface area contributed by atoms with Crippen molar-refractivity contribution >= 4 is 0 Å². The Labute approximate surface area is 188 Å². The molecule has 1 aromatic rings. The first-order chi connectivity index (χ1) is 15.2. The normalized spacial score (nSPS) is 20.7. The molecule has 2 aliphatic rings. The lowest BCUT2D eigenvalue weighted by molar-refractivity contribution is 0.0644. The summed E-state index contributed by atoms with van der Waals surface area (Å²) >= 11 is 0. The van der Waals surface area contributed by atoms with Gasteiger partial charge in [0.1, 0.15) is 12.7 Å². The summed E-state index contributed by atoms with van der Waals surface area (Å²) in [5.74, 6) is 2.13. The van der Waals surface area contributed by atoms with Gasteiger partial charge in [-0.1, -0.05) is 25.3 Å². The van der Waals surface area contributed by atoms with Gasteiger partial charge in [-0.3, -0.25) is 4.90 Å². The Bertz CT molecular complexity index is 626. The van der Waals surface area contributed by atoms with Gasteiger partial charge in [-0.2, -0.15) is 0 Å². The maximum Gasteiger partial charge on any atom is 0.161 e. The van der Waals surface area contributed by atoms with Gasteiger partial charge in [-0.25, -0.2) is 0 Å². The van der Waals surface area contributed by atoms with Crippen LogP contribution in [-0.2, 0) is 11.3 Å². The summed E-state index contributed by atoms with van der Waals surface area (Å²) in [6, 6.07) is 6.17. The number of likely N-dealkylation sites (tertiary alicyclic amines) is 2. The van der Waals surface area contributed by atoms with Crippen LogP contribution < -0.4 is 9.47 Å². The van der Waals surface area contributed by atoms with Gasteiger partial charge in [-0.15, -0.1) is 0 Å². The molecule has 2 fully saturated rings. The fraction of sp³-hybridized carbons (Fsp3) is 0.760. The molecule has 1 atom stereocenters. The lowest BCUT2D eigenvalue weighted by Crippen LogP contribution is -2.37. The maximum atomic E-state index is 10.6. The number of ether oxygens (including phenoxy) is 3. The van der Waals surface area contributed by atoms with Crippen LogP contribution in [0.1, 0.15) is 50.5 Å². The van der Waals surface area contributed by atoms with E-state index in [0.717, 1.165) is 50.8 Å². The van der Waals surface area contributed by atoms with Crippen LogP contribution in [0.2, 0.25) is 0 Å². The molecule has 1 aromatic carbocycles. The zero-order chi connectivity index (χ0) is 21.9. The third-order valence-electron chi connectivity index (χ3n) is 6.59. The number of hydrogen-bond donors (Lipinski definition) is 1. The van der Waals surface area contributed by atoms with Crippen molar-refractivity contribution in [3.05, 3.63) is 23.8 Å². The summed E-state index contributed by atoms with van der Waals surface area (Å²) in [6.45, 7) is 7.12. The Hall–Kier alpha value is -1.34. The van der Waals surface area contributed by atoms with Crippen molar-refractivity contribution in [2.45, 2.75) is 57.6 Å². The van der Waals surface area contributed by atoms with Gasteiger partial charge < -0.3 is 24.2 Å². The summed E-state index contributed by atoms with van der Waals surface area (Å²) in [4.78, 5) is 4.88. The van der Waals surface area contributed by atoms with Crippen molar-refractivity contribution in [1.82, 2.24) is 9.80 Å². The molecule has 3 rings (SSSR count). The number of aliphatic hydroxyl groups is 1. The quantitative estimate of drug-likeness (QED) is 0.608. The van der Waals surface area contributed by atoms with E-state index in [0.29, 0.717) is 19.1 Å². The van der Waals surface area contributed by atoms with E-state index in [1.165, 1.54) is 50.5 Å². The molecule has 31 heavy (non-hydrogen) atoms. The molecule has 1 N–H and O–H groups in total. The molecule has 0 spiro atoms. The predicted molar refractivity (Wildman–Crippen MR) is 124 cm³/mol. The van der Waals surface area contributed by atoms with Gasteiger partial charge in [0.2, 0.25) is 0 Å². The number of β-amino-alcohol motifs (C(OH)–C–C–N with tert-alkyl or cyclic N) is 1. The highest BCUT2D eigenvalue weighted by atomic mass is 16.5. The molecule has 6 nitrogen and oxygen atoms in total. The molecule has 1 unspecified atom stereocenters. The molecule has 176 valence electrons. The summed E-state index contributed by atoms with van der Waals surface area (Å²) in [6.07, 6.45) is 8.30. The molecular formula is C25H42N2O4. The standard InChI is InChI=1S/C25H42N2O4/c1-29-19-21-10-14-27(15-11-21)17-22-8-9-24(30-2)25(16-22)31-20-23(28)18-26-12-6-4-3-5-7-13-26/h8-9,16,21,23,28H,3-7,10-15,17-20H2,1-2H3. The third-order valence-corrected chi connectivity index (χ3v) is 6.59. The van der Waals surface area contributed by atoms with E-state index in [4.69, 9.17) is 14.2 Å². The van der Waals surface area contributed by atoms with Gasteiger partial charge in [-0.05, 0) is 75.5 Å². The van der Waals surface area contributed by atoms with E-state index in [-0.39, 0.29) is 0 Å². The lowest BCUT2D eigenvalue weighted by Gasteiger charge is -2.31. The molecule has 0 aromatic heterocycles. The van der Waals surface area contributed by atoms with Gasteiger partial charge in [0, 0.05) is 26.8 Å². The zero-order valence-electron chi connectivity index (χ0n) is 19.6. The molecule has 0 radical (unpaired) electrons. The molecule has 0 saturated carbocycles. The number of aliphatic hydroxyl groups excluding tert-OH is 1. The zero-order valence-corrected chi connectivity index (χ0v) is 19.6. The van der Waals surface area contributed by atoms with E-state index in [2.05, 4.69) is 21.9 Å². The topological polar surface area (TPSA) is 54.4 Å². The second kappa shape index (κ2) is 13.3. The first-order valence-electron chi connectivity index (χ1n) is 12.1. The van der Waals surface area contributed by atoms with Gasteiger partial charge in [0.05, 0.1) is 7.11 Å². The van der Waals surface area contributed by atoms with Crippen molar-refractivity contribution in [1.29, 1.82) is 0 Å². The van der Waals surface area contributed by atoms with Crippen LogP contribution in [0.5, 0.6) is 11.5 Å². The SMILES string of the molecule is COCC1CCN(Cc2ccc(OC)c(OCC(O)CN3CCCCCCC3)c2)CC1. The highest BCUT2D eigenvalue weighted by Gasteiger charge is 2.20. The Kier molecular flexibility index (Phi) is 10.4. The first kappa shape index (κ1) is 24.3. The fourth-order valence-electron chi connectivity index (χ4n) is 4.77. The first-order valence-corrected chi connectivity index (χ1v) is 12.1. The van der Waals surface area contributed by atoms with E-state index in [1.54, 1.807) is 14.2 Å². The summed E-state index contributed by atoms with van der Waals surface area (Å²) in [7, 11) is 3.45. The van der Waals surface area contributed by atoms with Gasteiger partial charge >= 0.3 is 0 Å². The Morgan fingerprint density at radius 1 is 0.935 bits per heavy atom. The van der Waals surface area contributed by atoms with Crippen LogP contribution in [0.3, 0.4) is 0 Å². The number of rotatable bonds is 10. The number of piperidine rings is 1. The molecule has 0 amide bonds. The molecule has 2 saturated heterocycles. The average Bonchev–Trinajstić information content (AvgIpc) is 2.76. The fourth-order valence-corrected chi connectivity index (χ4v) is 4.77. The highest BCUT2D eigenvalue weighted by molar-refractivity contribution is 5.43. The minimum Gasteiger partial charge on any atom is -0.493 e. The van der Waals surface area contributed by atoms with Gasteiger partial charge in [0.15, 0.2) is 11.5 Å².